The van der Waals surface area contributed by atoms with E-state index in [4.69, 9.17) is 4.52 Å². The fourth-order valence-electron chi connectivity index (χ4n) is 2.96. The van der Waals surface area contributed by atoms with E-state index in [0.717, 1.165) is 22.7 Å². The lowest BCUT2D eigenvalue weighted by Crippen LogP contribution is -2.41. The van der Waals surface area contributed by atoms with Gasteiger partial charge >= 0.3 is 0 Å². The number of amides is 1. The van der Waals surface area contributed by atoms with Gasteiger partial charge in [0.15, 0.2) is 0 Å². The number of nitrogens with zero attached hydrogens (tertiary/aromatic N) is 3. The van der Waals surface area contributed by atoms with Gasteiger partial charge in [0.05, 0.1) is 23.0 Å². The molecular weight excluding hydrogens is 280 g/mol. The standard InChI is InChI=1S/C16H24N4O2/c1-9(2)20-11(4)13(8-17-20)15(21)18-16(6,7)14-10(3)19-22-12(14)5/h8-9H,1-7H3,(H,18,21). The Morgan fingerprint density at radius 2 is 1.95 bits per heavy atom. The zero-order valence-corrected chi connectivity index (χ0v) is 14.3. The fraction of sp³-hybridized carbons (Fsp3) is 0.562. The maximum absolute atomic E-state index is 12.6. The van der Waals surface area contributed by atoms with Crippen molar-refractivity contribution >= 4 is 5.91 Å². The summed E-state index contributed by atoms with van der Waals surface area (Å²) in [6, 6.07) is 0.220. The van der Waals surface area contributed by atoms with Crippen LogP contribution in [0.3, 0.4) is 0 Å². The van der Waals surface area contributed by atoms with Gasteiger partial charge < -0.3 is 9.84 Å². The molecule has 6 heteroatoms. The third-order valence-electron chi connectivity index (χ3n) is 3.86. The molecule has 0 radical (unpaired) electrons. The van der Waals surface area contributed by atoms with E-state index in [2.05, 4.69) is 15.6 Å². The van der Waals surface area contributed by atoms with Gasteiger partial charge in [-0.3, -0.25) is 9.48 Å². The molecule has 0 spiro atoms. The number of hydrogen-bond donors (Lipinski definition) is 1. The minimum absolute atomic E-state index is 0.144. The van der Waals surface area contributed by atoms with Crippen molar-refractivity contribution in [2.75, 3.05) is 0 Å². The van der Waals surface area contributed by atoms with Gasteiger partial charge in [-0.05, 0) is 48.5 Å². The normalized spacial score (nSPS) is 12.0. The van der Waals surface area contributed by atoms with E-state index in [9.17, 15) is 4.79 Å². The molecule has 120 valence electrons. The van der Waals surface area contributed by atoms with Gasteiger partial charge in [0.25, 0.3) is 5.91 Å². The highest BCUT2D eigenvalue weighted by atomic mass is 16.5. The summed E-state index contributed by atoms with van der Waals surface area (Å²) in [4.78, 5) is 12.6. The van der Waals surface area contributed by atoms with Crippen LogP contribution in [0, 0.1) is 20.8 Å². The number of aryl methyl sites for hydroxylation is 2. The Kier molecular flexibility index (Phi) is 4.13. The number of carbonyl (C=O) groups is 1. The molecule has 0 saturated heterocycles. The predicted molar refractivity (Wildman–Crippen MR) is 83.8 cm³/mol. The molecule has 0 bridgehead atoms. The maximum Gasteiger partial charge on any atom is 0.255 e. The van der Waals surface area contributed by atoms with Crippen LogP contribution < -0.4 is 5.32 Å². The summed E-state index contributed by atoms with van der Waals surface area (Å²) in [5, 5.41) is 11.3. The number of hydrogen-bond acceptors (Lipinski definition) is 4. The van der Waals surface area contributed by atoms with Crippen molar-refractivity contribution in [3.63, 3.8) is 0 Å². The second kappa shape index (κ2) is 5.59. The van der Waals surface area contributed by atoms with Crippen LogP contribution in [0.25, 0.3) is 0 Å². The topological polar surface area (TPSA) is 73.0 Å². The summed E-state index contributed by atoms with van der Waals surface area (Å²) in [6.45, 7) is 13.6. The molecular formula is C16H24N4O2. The third kappa shape index (κ3) is 2.77. The van der Waals surface area contributed by atoms with Crippen molar-refractivity contribution < 1.29 is 9.32 Å². The van der Waals surface area contributed by atoms with Crippen LogP contribution >= 0.6 is 0 Å². The van der Waals surface area contributed by atoms with Gasteiger partial charge in [0.2, 0.25) is 0 Å². The first-order valence-corrected chi connectivity index (χ1v) is 7.45. The Labute approximate surface area is 130 Å². The smallest absolute Gasteiger partial charge is 0.255 e. The highest BCUT2D eigenvalue weighted by Gasteiger charge is 2.31. The second-order valence-electron chi connectivity index (χ2n) is 6.46. The van der Waals surface area contributed by atoms with Crippen molar-refractivity contribution in [3.05, 3.63) is 34.5 Å². The third-order valence-corrected chi connectivity index (χ3v) is 3.86. The molecule has 0 aliphatic rings. The van der Waals surface area contributed by atoms with Crippen LogP contribution in [0.2, 0.25) is 0 Å². The van der Waals surface area contributed by atoms with Gasteiger partial charge in [0.1, 0.15) is 5.76 Å². The lowest BCUT2D eigenvalue weighted by Gasteiger charge is -2.26. The molecule has 1 N–H and O–H groups in total. The van der Waals surface area contributed by atoms with Crippen LogP contribution in [0.5, 0.6) is 0 Å². The van der Waals surface area contributed by atoms with Gasteiger partial charge in [0, 0.05) is 17.3 Å². The first-order chi connectivity index (χ1) is 10.1. The van der Waals surface area contributed by atoms with E-state index in [1.165, 1.54) is 0 Å². The van der Waals surface area contributed by atoms with Crippen molar-refractivity contribution in [1.82, 2.24) is 20.3 Å². The van der Waals surface area contributed by atoms with Crippen molar-refractivity contribution in [1.29, 1.82) is 0 Å². The molecule has 0 fully saturated rings. The zero-order valence-electron chi connectivity index (χ0n) is 14.3. The van der Waals surface area contributed by atoms with Crippen LogP contribution in [0.4, 0.5) is 0 Å². The Bertz CT molecular complexity index is 676. The quantitative estimate of drug-likeness (QED) is 0.942. The maximum atomic E-state index is 12.6. The van der Waals surface area contributed by atoms with E-state index in [1.807, 2.05) is 53.1 Å². The number of rotatable bonds is 4. The van der Waals surface area contributed by atoms with Gasteiger partial charge in [-0.2, -0.15) is 5.10 Å². The van der Waals surface area contributed by atoms with Crippen LogP contribution in [0.1, 0.15) is 66.8 Å². The van der Waals surface area contributed by atoms with Crippen molar-refractivity contribution in [3.8, 4) is 0 Å². The number of carbonyl (C=O) groups excluding carboxylic acids is 1. The average molecular weight is 304 g/mol. The molecule has 0 atom stereocenters. The molecule has 0 aliphatic carbocycles. The molecule has 0 aromatic carbocycles. The Hall–Kier alpha value is -2.11. The van der Waals surface area contributed by atoms with Crippen LogP contribution in [-0.4, -0.2) is 20.8 Å². The molecule has 2 rings (SSSR count). The molecule has 6 nitrogen and oxygen atoms in total. The minimum Gasteiger partial charge on any atom is -0.361 e. The van der Waals surface area contributed by atoms with E-state index in [1.54, 1.807) is 6.20 Å². The number of aromatic nitrogens is 3. The molecule has 2 aromatic heterocycles. The largest absolute Gasteiger partial charge is 0.361 e. The van der Waals surface area contributed by atoms with E-state index >= 15 is 0 Å². The van der Waals surface area contributed by atoms with Gasteiger partial charge in [-0.1, -0.05) is 5.16 Å². The fourth-order valence-corrected chi connectivity index (χ4v) is 2.96. The van der Waals surface area contributed by atoms with E-state index < -0.39 is 5.54 Å². The zero-order chi connectivity index (χ0) is 16.7. The Balaban J connectivity index is 2.29. The second-order valence-corrected chi connectivity index (χ2v) is 6.46. The average Bonchev–Trinajstić information content (AvgIpc) is 2.92. The molecule has 2 aromatic rings. The summed E-state index contributed by atoms with van der Waals surface area (Å²) >= 11 is 0. The monoisotopic (exact) mass is 304 g/mol. The molecule has 2 heterocycles. The molecule has 22 heavy (non-hydrogen) atoms. The molecule has 0 aliphatic heterocycles. The first-order valence-electron chi connectivity index (χ1n) is 7.45. The lowest BCUT2D eigenvalue weighted by molar-refractivity contribution is 0.0910. The lowest BCUT2D eigenvalue weighted by atomic mass is 9.92. The van der Waals surface area contributed by atoms with Gasteiger partial charge in [-0.25, -0.2) is 0 Å². The first kappa shape index (κ1) is 16.3. The molecule has 1 amide bonds. The Morgan fingerprint density at radius 1 is 1.32 bits per heavy atom. The van der Waals surface area contributed by atoms with Crippen LogP contribution in [0.15, 0.2) is 10.7 Å². The van der Waals surface area contributed by atoms with Crippen molar-refractivity contribution in [2.24, 2.45) is 0 Å². The molecule has 0 saturated carbocycles. The summed E-state index contributed by atoms with van der Waals surface area (Å²) < 4.78 is 7.06. The van der Waals surface area contributed by atoms with Crippen LogP contribution in [-0.2, 0) is 5.54 Å². The van der Waals surface area contributed by atoms with E-state index in [-0.39, 0.29) is 11.9 Å². The summed E-state index contributed by atoms with van der Waals surface area (Å²) in [6.07, 6.45) is 1.62. The number of nitrogens with one attached hydrogen (secondary N) is 1. The van der Waals surface area contributed by atoms with Gasteiger partial charge in [-0.15, -0.1) is 0 Å². The predicted octanol–water partition coefficient (Wildman–Crippen LogP) is 3.04. The molecule has 0 unspecified atom stereocenters. The summed E-state index contributed by atoms with van der Waals surface area (Å²) in [7, 11) is 0. The Morgan fingerprint density at radius 3 is 2.41 bits per heavy atom. The summed E-state index contributed by atoms with van der Waals surface area (Å²) in [5.74, 6) is 0.576. The van der Waals surface area contributed by atoms with Crippen molar-refractivity contribution in [2.45, 2.75) is 60.0 Å². The highest BCUT2D eigenvalue weighted by Crippen LogP contribution is 2.27. The highest BCUT2D eigenvalue weighted by molar-refractivity contribution is 5.95. The SMILES string of the molecule is Cc1noc(C)c1C(C)(C)NC(=O)c1cnn(C(C)C)c1C. The summed E-state index contributed by atoms with van der Waals surface area (Å²) in [5.41, 5.74) is 2.58. The minimum atomic E-state index is -0.572. The van der Waals surface area contributed by atoms with E-state index in [0.29, 0.717) is 5.56 Å².